The van der Waals surface area contributed by atoms with Crippen molar-refractivity contribution < 1.29 is 9.18 Å². The molecule has 0 radical (unpaired) electrons. The number of hydrogen-bond donors (Lipinski definition) is 2. The number of halogens is 1. The first-order chi connectivity index (χ1) is 9.61. The van der Waals surface area contributed by atoms with Gasteiger partial charge in [-0.25, -0.2) is 4.39 Å². The Morgan fingerprint density at radius 1 is 1.20 bits per heavy atom. The molecular weight excluding hydrogens is 255 g/mol. The molecule has 0 fully saturated rings. The number of carbonyl (C=O) groups excluding carboxylic acids is 1. The summed E-state index contributed by atoms with van der Waals surface area (Å²) in [6, 6.07) is 12.0. The molecule has 0 aliphatic heterocycles. The van der Waals surface area contributed by atoms with Gasteiger partial charge in [-0.05, 0) is 41.8 Å². The Labute approximate surface area is 117 Å². The molecule has 0 saturated carbocycles. The molecule has 0 bridgehead atoms. The van der Waals surface area contributed by atoms with Gasteiger partial charge in [-0.3, -0.25) is 4.79 Å². The van der Waals surface area contributed by atoms with Crippen LogP contribution in [0, 0.1) is 12.7 Å². The standard InChI is InChI=1S/C16H17FN2O/c1-11-8-12(6-7-15(11)17)16(20)19-10-14-5-3-2-4-13(14)9-18/h2-8H,9-10,18H2,1H3,(H,19,20). The van der Waals surface area contributed by atoms with Gasteiger partial charge >= 0.3 is 0 Å². The molecule has 0 spiro atoms. The highest BCUT2D eigenvalue weighted by molar-refractivity contribution is 5.94. The van der Waals surface area contributed by atoms with Crippen molar-refractivity contribution in [1.29, 1.82) is 0 Å². The first kappa shape index (κ1) is 14.2. The van der Waals surface area contributed by atoms with Crippen LogP contribution in [0.25, 0.3) is 0 Å². The number of amides is 1. The van der Waals surface area contributed by atoms with Gasteiger partial charge < -0.3 is 11.1 Å². The Morgan fingerprint density at radius 2 is 1.90 bits per heavy atom. The van der Waals surface area contributed by atoms with Crippen LogP contribution in [-0.4, -0.2) is 5.91 Å². The highest BCUT2D eigenvalue weighted by Crippen LogP contribution is 2.11. The maximum atomic E-state index is 13.2. The van der Waals surface area contributed by atoms with Crippen molar-refractivity contribution in [3.63, 3.8) is 0 Å². The lowest BCUT2D eigenvalue weighted by Crippen LogP contribution is -2.23. The van der Waals surface area contributed by atoms with Crippen molar-refractivity contribution in [1.82, 2.24) is 5.32 Å². The fraction of sp³-hybridized carbons (Fsp3) is 0.188. The van der Waals surface area contributed by atoms with Gasteiger partial charge in [0.25, 0.3) is 5.91 Å². The summed E-state index contributed by atoms with van der Waals surface area (Å²) >= 11 is 0. The maximum absolute atomic E-state index is 13.2. The average Bonchev–Trinajstić information content (AvgIpc) is 2.47. The lowest BCUT2D eigenvalue weighted by Gasteiger charge is -2.09. The summed E-state index contributed by atoms with van der Waals surface area (Å²) in [7, 11) is 0. The Kier molecular flexibility index (Phi) is 4.48. The molecule has 1 amide bonds. The van der Waals surface area contributed by atoms with Crippen LogP contribution in [0.2, 0.25) is 0 Å². The molecule has 20 heavy (non-hydrogen) atoms. The topological polar surface area (TPSA) is 55.1 Å². The smallest absolute Gasteiger partial charge is 0.251 e. The van der Waals surface area contributed by atoms with Gasteiger partial charge in [0.1, 0.15) is 5.82 Å². The fourth-order valence-corrected chi connectivity index (χ4v) is 1.99. The third-order valence-corrected chi connectivity index (χ3v) is 3.20. The second-order valence-electron chi connectivity index (χ2n) is 4.62. The maximum Gasteiger partial charge on any atom is 0.251 e. The van der Waals surface area contributed by atoms with Crippen molar-refractivity contribution in [3.8, 4) is 0 Å². The Hall–Kier alpha value is -2.20. The highest BCUT2D eigenvalue weighted by Gasteiger charge is 2.08. The molecule has 3 nitrogen and oxygen atoms in total. The second kappa shape index (κ2) is 6.30. The first-order valence-electron chi connectivity index (χ1n) is 6.43. The number of nitrogens with one attached hydrogen (secondary N) is 1. The molecule has 0 aliphatic rings. The molecule has 3 N–H and O–H groups in total. The predicted octanol–water partition coefficient (Wildman–Crippen LogP) is 2.52. The molecule has 0 saturated heterocycles. The van der Waals surface area contributed by atoms with Gasteiger partial charge in [0.05, 0.1) is 0 Å². The third kappa shape index (κ3) is 3.22. The van der Waals surface area contributed by atoms with E-state index in [2.05, 4.69) is 5.32 Å². The van der Waals surface area contributed by atoms with Gasteiger partial charge in [0, 0.05) is 18.7 Å². The number of rotatable bonds is 4. The number of nitrogens with two attached hydrogens (primary N) is 1. The minimum Gasteiger partial charge on any atom is -0.348 e. The van der Waals surface area contributed by atoms with E-state index in [0.29, 0.717) is 24.2 Å². The number of carbonyl (C=O) groups is 1. The van der Waals surface area contributed by atoms with Crippen LogP contribution in [0.4, 0.5) is 4.39 Å². The third-order valence-electron chi connectivity index (χ3n) is 3.20. The average molecular weight is 272 g/mol. The second-order valence-corrected chi connectivity index (χ2v) is 4.62. The summed E-state index contributed by atoms with van der Waals surface area (Å²) in [6.07, 6.45) is 0. The Bertz CT molecular complexity index is 626. The van der Waals surface area contributed by atoms with E-state index in [9.17, 15) is 9.18 Å². The number of aryl methyl sites for hydroxylation is 1. The van der Waals surface area contributed by atoms with E-state index in [4.69, 9.17) is 5.73 Å². The highest BCUT2D eigenvalue weighted by atomic mass is 19.1. The van der Waals surface area contributed by atoms with E-state index in [-0.39, 0.29) is 11.7 Å². The summed E-state index contributed by atoms with van der Waals surface area (Å²) in [5.41, 5.74) is 8.55. The van der Waals surface area contributed by atoms with E-state index in [1.807, 2.05) is 24.3 Å². The quantitative estimate of drug-likeness (QED) is 0.898. The van der Waals surface area contributed by atoms with Gasteiger partial charge in [-0.2, -0.15) is 0 Å². The molecule has 0 aliphatic carbocycles. The van der Waals surface area contributed by atoms with E-state index in [1.165, 1.54) is 12.1 Å². The molecule has 0 atom stereocenters. The summed E-state index contributed by atoms with van der Waals surface area (Å²) in [6.45, 7) is 2.47. The molecule has 4 heteroatoms. The molecule has 104 valence electrons. The van der Waals surface area contributed by atoms with Crippen molar-refractivity contribution in [3.05, 3.63) is 70.5 Å². The van der Waals surface area contributed by atoms with E-state index < -0.39 is 0 Å². The molecular formula is C16H17FN2O. The van der Waals surface area contributed by atoms with Crippen molar-refractivity contribution >= 4 is 5.91 Å². The van der Waals surface area contributed by atoms with Crippen LogP contribution in [0.15, 0.2) is 42.5 Å². The molecule has 0 unspecified atom stereocenters. The van der Waals surface area contributed by atoms with E-state index >= 15 is 0 Å². The van der Waals surface area contributed by atoms with Crippen LogP contribution < -0.4 is 11.1 Å². The minimum absolute atomic E-state index is 0.222. The summed E-state index contributed by atoms with van der Waals surface area (Å²) in [5, 5.41) is 2.82. The van der Waals surface area contributed by atoms with E-state index in [1.54, 1.807) is 13.0 Å². The van der Waals surface area contributed by atoms with Gasteiger partial charge in [-0.15, -0.1) is 0 Å². The van der Waals surface area contributed by atoms with Crippen molar-refractivity contribution in [2.24, 2.45) is 5.73 Å². The van der Waals surface area contributed by atoms with Crippen LogP contribution in [0.5, 0.6) is 0 Å². The SMILES string of the molecule is Cc1cc(C(=O)NCc2ccccc2CN)ccc1F. The molecule has 0 aromatic heterocycles. The van der Waals surface area contributed by atoms with Gasteiger partial charge in [0.15, 0.2) is 0 Å². The first-order valence-corrected chi connectivity index (χ1v) is 6.43. The molecule has 2 rings (SSSR count). The summed E-state index contributed by atoms with van der Waals surface area (Å²) < 4.78 is 13.2. The van der Waals surface area contributed by atoms with E-state index in [0.717, 1.165) is 11.1 Å². The minimum atomic E-state index is -0.310. The Morgan fingerprint density at radius 3 is 2.55 bits per heavy atom. The zero-order valence-corrected chi connectivity index (χ0v) is 11.3. The predicted molar refractivity (Wildman–Crippen MR) is 76.6 cm³/mol. The lowest BCUT2D eigenvalue weighted by molar-refractivity contribution is 0.0950. The van der Waals surface area contributed by atoms with Crippen molar-refractivity contribution in [2.45, 2.75) is 20.0 Å². The zero-order valence-electron chi connectivity index (χ0n) is 11.3. The van der Waals surface area contributed by atoms with Crippen molar-refractivity contribution in [2.75, 3.05) is 0 Å². The fourth-order valence-electron chi connectivity index (χ4n) is 1.99. The van der Waals surface area contributed by atoms with Gasteiger partial charge in [0.2, 0.25) is 0 Å². The normalized spacial score (nSPS) is 10.3. The number of hydrogen-bond acceptors (Lipinski definition) is 2. The van der Waals surface area contributed by atoms with Crippen LogP contribution >= 0.6 is 0 Å². The molecule has 2 aromatic carbocycles. The van der Waals surface area contributed by atoms with Crippen LogP contribution in [0.3, 0.4) is 0 Å². The largest absolute Gasteiger partial charge is 0.348 e. The Balaban J connectivity index is 2.06. The molecule has 0 heterocycles. The zero-order chi connectivity index (χ0) is 14.5. The lowest BCUT2D eigenvalue weighted by atomic mass is 10.1. The summed E-state index contributed by atoms with van der Waals surface area (Å²) in [4.78, 5) is 12.0. The number of benzene rings is 2. The molecule has 2 aromatic rings. The van der Waals surface area contributed by atoms with Gasteiger partial charge in [-0.1, -0.05) is 24.3 Å². The summed E-state index contributed by atoms with van der Waals surface area (Å²) in [5.74, 6) is -0.532. The monoisotopic (exact) mass is 272 g/mol. The van der Waals surface area contributed by atoms with Crippen LogP contribution in [-0.2, 0) is 13.1 Å². The van der Waals surface area contributed by atoms with Crippen LogP contribution in [0.1, 0.15) is 27.0 Å².